The lowest BCUT2D eigenvalue weighted by atomic mass is 9.96. The highest BCUT2D eigenvalue weighted by Crippen LogP contribution is 2.26. The fourth-order valence-electron chi connectivity index (χ4n) is 2.19. The van der Waals surface area contributed by atoms with Gasteiger partial charge in [-0.25, -0.2) is 4.39 Å². The van der Waals surface area contributed by atoms with Crippen LogP contribution in [0.3, 0.4) is 0 Å². The van der Waals surface area contributed by atoms with Crippen LogP contribution in [0.5, 0.6) is 0 Å². The Morgan fingerprint density at radius 2 is 2.11 bits per heavy atom. The van der Waals surface area contributed by atoms with Crippen molar-refractivity contribution in [3.05, 3.63) is 35.1 Å². The SMILES string of the molecule is Cc1ccc(F)cc1CNCC1(O)CCSCC1. The first-order chi connectivity index (χ1) is 8.59. The summed E-state index contributed by atoms with van der Waals surface area (Å²) in [5, 5.41) is 13.6. The number of thioether (sulfide) groups is 1. The van der Waals surface area contributed by atoms with Crippen molar-refractivity contribution in [2.75, 3.05) is 18.1 Å². The maximum absolute atomic E-state index is 13.1. The van der Waals surface area contributed by atoms with Gasteiger partial charge >= 0.3 is 0 Å². The zero-order valence-corrected chi connectivity index (χ0v) is 11.5. The highest BCUT2D eigenvalue weighted by molar-refractivity contribution is 7.99. The second-order valence-corrected chi connectivity index (χ2v) is 6.24. The van der Waals surface area contributed by atoms with Crippen molar-refractivity contribution in [2.45, 2.75) is 31.9 Å². The van der Waals surface area contributed by atoms with Crippen LogP contribution in [0.15, 0.2) is 18.2 Å². The number of benzene rings is 1. The summed E-state index contributed by atoms with van der Waals surface area (Å²) in [6.07, 6.45) is 1.68. The summed E-state index contributed by atoms with van der Waals surface area (Å²) < 4.78 is 13.1. The average Bonchev–Trinajstić information content (AvgIpc) is 2.34. The number of nitrogens with one attached hydrogen (secondary N) is 1. The minimum absolute atomic E-state index is 0.204. The van der Waals surface area contributed by atoms with Crippen molar-refractivity contribution in [3.8, 4) is 0 Å². The van der Waals surface area contributed by atoms with Crippen LogP contribution < -0.4 is 5.32 Å². The van der Waals surface area contributed by atoms with E-state index in [0.29, 0.717) is 13.1 Å². The van der Waals surface area contributed by atoms with Crippen molar-refractivity contribution in [1.29, 1.82) is 0 Å². The minimum Gasteiger partial charge on any atom is -0.389 e. The van der Waals surface area contributed by atoms with E-state index in [-0.39, 0.29) is 5.82 Å². The van der Waals surface area contributed by atoms with Crippen LogP contribution in [-0.4, -0.2) is 28.8 Å². The zero-order chi connectivity index (χ0) is 13.0. The molecule has 1 aliphatic heterocycles. The molecule has 0 spiro atoms. The van der Waals surface area contributed by atoms with E-state index in [4.69, 9.17) is 0 Å². The molecular formula is C14H20FNOS. The molecule has 100 valence electrons. The number of hydrogen-bond donors (Lipinski definition) is 2. The quantitative estimate of drug-likeness (QED) is 0.881. The second-order valence-electron chi connectivity index (χ2n) is 5.01. The van der Waals surface area contributed by atoms with Crippen molar-refractivity contribution in [1.82, 2.24) is 5.32 Å². The monoisotopic (exact) mass is 269 g/mol. The number of aryl methyl sites for hydroxylation is 1. The predicted molar refractivity (Wildman–Crippen MR) is 74.4 cm³/mol. The lowest BCUT2D eigenvalue weighted by Crippen LogP contribution is -2.43. The smallest absolute Gasteiger partial charge is 0.123 e. The van der Waals surface area contributed by atoms with E-state index in [2.05, 4.69) is 5.32 Å². The Balaban J connectivity index is 1.86. The Kier molecular flexibility index (Phi) is 4.65. The first-order valence-electron chi connectivity index (χ1n) is 6.35. The van der Waals surface area contributed by atoms with Crippen molar-refractivity contribution >= 4 is 11.8 Å². The van der Waals surface area contributed by atoms with E-state index < -0.39 is 5.60 Å². The third-order valence-corrected chi connectivity index (χ3v) is 4.49. The highest BCUT2D eigenvalue weighted by Gasteiger charge is 2.28. The summed E-state index contributed by atoms with van der Waals surface area (Å²) in [7, 11) is 0. The summed E-state index contributed by atoms with van der Waals surface area (Å²) in [6, 6.07) is 4.83. The summed E-state index contributed by atoms with van der Waals surface area (Å²) in [5.41, 5.74) is 1.46. The van der Waals surface area contributed by atoms with Gasteiger partial charge in [0.2, 0.25) is 0 Å². The molecule has 0 saturated carbocycles. The summed E-state index contributed by atoms with van der Waals surface area (Å²) in [5.74, 6) is 1.85. The van der Waals surface area contributed by atoms with Gasteiger partial charge in [-0.1, -0.05) is 6.07 Å². The number of halogens is 1. The lowest BCUT2D eigenvalue weighted by molar-refractivity contribution is 0.0320. The summed E-state index contributed by atoms with van der Waals surface area (Å²) >= 11 is 1.89. The highest BCUT2D eigenvalue weighted by atomic mass is 32.2. The first kappa shape index (κ1) is 13.8. The Bertz CT molecular complexity index is 405. The molecule has 0 atom stereocenters. The molecule has 1 aromatic rings. The van der Waals surface area contributed by atoms with Crippen LogP contribution in [0.25, 0.3) is 0 Å². The van der Waals surface area contributed by atoms with Crippen LogP contribution >= 0.6 is 11.8 Å². The maximum atomic E-state index is 13.1. The normalized spacial score (nSPS) is 18.8. The van der Waals surface area contributed by atoms with Gasteiger partial charge in [-0.05, 0) is 54.5 Å². The number of aliphatic hydroxyl groups is 1. The third-order valence-electron chi connectivity index (χ3n) is 3.50. The molecule has 1 heterocycles. The van der Waals surface area contributed by atoms with E-state index in [1.165, 1.54) is 6.07 Å². The molecule has 0 aliphatic carbocycles. The van der Waals surface area contributed by atoms with Crippen LogP contribution in [0.1, 0.15) is 24.0 Å². The van der Waals surface area contributed by atoms with Crippen LogP contribution in [0, 0.1) is 12.7 Å². The Labute approximate surface area is 112 Å². The molecule has 1 aromatic carbocycles. The fourth-order valence-corrected chi connectivity index (χ4v) is 3.44. The third kappa shape index (κ3) is 3.70. The topological polar surface area (TPSA) is 32.3 Å². The van der Waals surface area contributed by atoms with Crippen LogP contribution in [0.2, 0.25) is 0 Å². The molecule has 1 saturated heterocycles. The molecule has 0 aromatic heterocycles. The Morgan fingerprint density at radius 1 is 1.39 bits per heavy atom. The molecule has 0 amide bonds. The van der Waals surface area contributed by atoms with Gasteiger partial charge in [0.05, 0.1) is 5.60 Å². The van der Waals surface area contributed by atoms with E-state index >= 15 is 0 Å². The molecule has 2 rings (SSSR count). The van der Waals surface area contributed by atoms with Gasteiger partial charge in [0.1, 0.15) is 5.82 Å². The molecule has 0 unspecified atom stereocenters. The van der Waals surface area contributed by atoms with Gasteiger partial charge in [0.25, 0.3) is 0 Å². The molecule has 2 nitrogen and oxygen atoms in total. The van der Waals surface area contributed by atoms with Gasteiger partial charge < -0.3 is 10.4 Å². The van der Waals surface area contributed by atoms with Crippen LogP contribution in [0.4, 0.5) is 4.39 Å². The molecule has 1 fully saturated rings. The fraction of sp³-hybridized carbons (Fsp3) is 0.571. The molecular weight excluding hydrogens is 249 g/mol. The van der Waals surface area contributed by atoms with E-state index in [1.807, 2.05) is 18.7 Å². The molecule has 18 heavy (non-hydrogen) atoms. The molecule has 1 aliphatic rings. The van der Waals surface area contributed by atoms with Gasteiger partial charge in [-0.2, -0.15) is 11.8 Å². The van der Waals surface area contributed by atoms with E-state index in [0.717, 1.165) is 35.5 Å². The first-order valence-corrected chi connectivity index (χ1v) is 7.50. The second kappa shape index (κ2) is 6.04. The van der Waals surface area contributed by atoms with Gasteiger partial charge in [0.15, 0.2) is 0 Å². The van der Waals surface area contributed by atoms with Crippen molar-refractivity contribution in [3.63, 3.8) is 0 Å². The van der Waals surface area contributed by atoms with E-state index in [9.17, 15) is 9.50 Å². The zero-order valence-electron chi connectivity index (χ0n) is 10.7. The Hall–Kier alpha value is -0.580. The predicted octanol–water partition coefficient (Wildman–Crippen LogP) is 2.48. The summed E-state index contributed by atoms with van der Waals surface area (Å²) in [6.45, 7) is 3.17. The minimum atomic E-state index is -0.577. The van der Waals surface area contributed by atoms with Crippen LogP contribution in [-0.2, 0) is 6.54 Å². The van der Waals surface area contributed by atoms with Gasteiger partial charge in [-0.15, -0.1) is 0 Å². The molecule has 0 bridgehead atoms. The average molecular weight is 269 g/mol. The Morgan fingerprint density at radius 3 is 2.83 bits per heavy atom. The number of rotatable bonds is 4. The molecule has 2 N–H and O–H groups in total. The maximum Gasteiger partial charge on any atom is 0.123 e. The molecule has 4 heteroatoms. The molecule has 0 radical (unpaired) electrons. The van der Waals surface area contributed by atoms with Gasteiger partial charge in [-0.3, -0.25) is 0 Å². The summed E-state index contributed by atoms with van der Waals surface area (Å²) in [4.78, 5) is 0. The van der Waals surface area contributed by atoms with Crippen molar-refractivity contribution < 1.29 is 9.50 Å². The largest absolute Gasteiger partial charge is 0.389 e. The lowest BCUT2D eigenvalue weighted by Gasteiger charge is -2.32. The van der Waals surface area contributed by atoms with E-state index in [1.54, 1.807) is 12.1 Å². The van der Waals surface area contributed by atoms with Gasteiger partial charge in [0, 0.05) is 13.1 Å². The number of hydrogen-bond acceptors (Lipinski definition) is 3. The van der Waals surface area contributed by atoms with Crippen molar-refractivity contribution in [2.24, 2.45) is 0 Å². The standard InChI is InChI=1S/C14H20FNOS/c1-11-2-3-13(15)8-12(11)9-16-10-14(17)4-6-18-7-5-14/h2-3,8,16-17H,4-7,9-10H2,1H3.